The lowest BCUT2D eigenvalue weighted by molar-refractivity contribution is -0.384. The highest BCUT2D eigenvalue weighted by molar-refractivity contribution is 7.92. The number of nitrogens with zero attached hydrogens (tertiary/aromatic N) is 3. The van der Waals surface area contributed by atoms with Crippen molar-refractivity contribution < 1.29 is 22.8 Å². The number of sulfonamides is 1. The van der Waals surface area contributed by atoms with E-state index in [9.17, 15) is 18.5 Å². The van der Waals surface area contributed by atoms with Crippen LogP contribution in [0.4, 0.5) is 23.0 Å². The highest BCUT2D eigenvalue weighted by atomic mass is 35.5. The van der Waals surface area contributed by atoms with E-state index in [1.54, 1.807) is 42.5 Å². The van der Waals surface area contributed by atoms with E-state index in [1.165, 1.54) is 0 Å². The van der Waals surface area contributed by atoms with Crippen molar-refractivity contribution in [3.05, 3.63) is 75.8 Å². The molecule has 2 heterocycles. The van der Waals surface area contributed by atoms with Gasteiger partial charge in [-0.1, -0.05) is 23.7 Å². The molecule has 0 saturated heterocycles. The van der Waals surface area contributed by atoms with Crippen LogP contribution in [0, 0.1) is 10.1 Å². The molecule has 1 aliphatic rings. The van der Waals surface area contributed by atoms with E-state index in [0.29, 0.717) is 28.2 Å². The Morgan fingerprint density at radius 2 is 1.65 bits per heavy atom. The molecule has 3 aromatic carbocycles. The van der Waals surface area contributed by atoms with E-state index in [4.69, 9.17) is 21.1 Å². The van der Waals surface area contributed by atoms with Crippen LogP contribution in [0.15, 0.2) is 65.6 Å². The number of anilines is 3. The second-order valence-electron chi connectivity index (χ2n) is 7.08. The molecule has 0 unspecified atom stereocenters. The summed E-state index contributed by atoms with van der Waals surface area (Å²) in [4.78, 5) is 19.0. The average Bonchev–Trinajstić information content (AvgIpc) is 3.27. The summed E-state index contributed by atoms with van der Waals surface area (Å²) in [5.74, 6) is 1.12. The van der Waals surface area contributed by atoms with Gasteiger partial charge in [-0.05, 0) is 36.4 Å². The van der Waals surface area contributed by atoms with Crippen molar-refractivity contribution in [1.82, 2.24) is 9.97 Å². The monoisotopic (exact) mass is 499 g/mol. The molecule has 172 valence electrons. The highest BCUT2D eigenvalue weighted by Gasteiger charge is 2.23. The quantitative estimate of drug-likeness (QED) is 0.290. The molecule has 0 amide bonds. The molecule has 0 saturated carbocycles. The summed E-state index contributed by atoms with van der Waals surface area (Å²) in [5.41, 5.74) is 0.985. The summed E-state index contributed by atoms with van der Waals surface area (Å²) in [6.07, 6.45) is 0. The van der Waals surface area contributed by atoms with Crippen LogP contribution in [0.3, 0.4) is 0 Å². The molecule has 11 nitrogen and oxygen atoms in total. The van der Waals surface area contributed by atoms with Gasteiger partial charge in [-0.25, -0.2) is 18.4 Å². The molecule has 0 spiro atoms. The van der Waals surface area contributed by atoms with E-state index in [0.717, 1.165) is 18.2 Å². The van der Waals surface area contributed by atoms with Crippen LogP contribution in [0.1, 0.15) is 0 Å². The molecule has 4 aromatic rings. The van der Waals surface area contributed by atoms with E-state index < -0.39 is 20.6 Å². The first-order valence-electron chi connectivity index (χ1n) is 9.70. The third kappa shape index (κ3) is 4.11. The van der Waals surface area contributed by atoms with Crippen molar-refractivity contribution in [3.63, 3.8) is 0 Å². The van der Waals surface area contributed by atoms with E-state index in [-0.39, 0.29) is 28.3 Å². The number of benzene rings is 3. The summed E-state index contributed by atoms with van der Waals surface area (Å²) >= 11 is 5.81. The lowest BCUT2D eigenvalue weighted by atomic mass is 10.2. The minimum absolute atomic E-state index is 0.103. The number of aromatic nitrogens is 2. The largest absolute Gasteiger partial charge is 0.454 e. The van der Waals surface area contributed by atoms with Gasteiger partial charge in [0.1, 0.15) is 5.02 Å². The summed E-state index contributed by atoms with van der Waals surface area (Å²) in [6, 6.07) is 15.2. The van der Waals surface area contributed by atoms with Crippen LogP contribution in [0.25, 0.3) is 11.0 Å². The van der Waals surface area contributed by atoms with Crippen LogP contribution in [-0.4, -0.2) is 30.1 Å². The van der Waals surface area contributed by atoms with E-state index >= 15 is 0 Å². The number of ether oxygens (including phenoxy) is 2. The number of hydrogen-bond donors (Lipinski definition) is 2. The summed E-state index contributed by atoms with van der Waals surface area (Å²) in [5, 5.41) is 14.1. The van der Waals surface area contributed by atoms with Gasteiger partial charge in [0.25, 0.3) is 15.7 Å². The van der Waals surface area contributed by atoms with Crippen LogP contribution in [0.5, 0.6) is 11.5 Å². The first-order valence-corrected chi connectivity index (χ1v) is 11.6. The molecule has 1 aliphatic heterocycles. The molecular weight excluding hydrogens is 486 g/mol. The average molecular weight is 500 g/mol. The predicted octanol–water partition coefficient (Wildman–Crippen LogP) is 4.46. The highest BCUT2D eigenvalue weighted by Crippen LogP contribution is 2.36. The Morgan fingerprint density at radius 1 is 0.941 bits per heavy atom. The molecule has 1 aromatic heterocycles. The number of nitro groups is 1. The fourth-order valence-corrected chi connectivity index (χ4v) is 4.47. The van der Waals surface area contributed by atoms with Gasteiger partial charge in [0.05, 0.1) is 20.9 Å². The Morgan fingerprint density at radius 3 is 2.38 bits per heavy atom. The number of hydrogen-bond acceptors (Lipinski definition) is 9. The van der Waals surface area contributed by atoms with Gasteiger partial charge in [-0.2, -0.15) is 0 Å². The maximum atomic E-state index is 13.1. The number of para-hydroxylation sites is 2. The molecule has 0 radical (unpaired) electrons. The second kappa shape index (κ2) is 8.32. The zero-order valence-corrected chi connectivity index (χ0v) is 18.6. The van der Waals surface area contributed by atoms with Gasteiger partial charge in [0, 0.05) is 17.8 Å². The SMILES string of the molecule is O=[N+]([O-])c1cc(S(=O)(=O)Nc2nc3ccccc3nc2Nc2ccc3c(c2)OCO3)ccc1Cl. The molecule has 0 bridgehead atoms. The number of halogens is 1. The van der Waals surface area contributed by atoms with Crippen LogP contribution in [-0.2, 0) is 10.0 Å². The molecule has 0 aliphatic carbocycles. The minimum atomic E-state index is -4.28. The smallest absolute Gasteiger partial charge is 0.289 e. The Balaban J connectivity index is 1.56. The lowest BCUT2D eigenvalue weighted by Gasteiger charge is -2.14. The molecule has 0 fully saturated rings. The van der Waals surface area contributed by atoms with Gasteiger partial charge in [-0.15, -0.1) is 0 Å². The van der Waals surface area contributed by atoms with Crippen molar-refractivity contribution in [3.8, 4) is 11.5 Å². The van der Waals surface area contributed by atoms with Gasteiger partial charge in [0.15, 0.2) is 23.1 Å². The van der Waals surface area contributed by atoms with Crippen molar-refractivity contribution in [1.29, 1.82) is 0 Å². The zero-order chi connectivity index (χ0) is 23.9. The van der Waals surface area contributed by atoms with Crippen molar-refractivity contribution in [2.45, 2.75) is 4.90 Å². The van der Waals surface area contributed by atoms with Crippen molar-refractivity contribution in [2.75, 3.05) is 16.8 Å². The Hall–Kier alpha value is -4.16. The maximum absolute atomic E-state index is 13.1. The van der Waals surface area contributed by atoms with Crippen molar-refractivity contribution in [2.24, 2.45) is 0 Å². The lowest BCUT2D eigenvalue weighted by Crippen LogP contribution is -2.16. The molecule has 0 atom stereocenters. The number of rotatable bonds is 6. The van der Waals surface area contributed by atoms with Crippen LogP contribution < -0.4 is 19.5 Å². The van der Waals surface area contributed by atoms with Gasteiger partial charge >= 0.3 is 0 Å². The standard InChI is InChI=1S/C21H14ClN5O6S/c22-14-7-6-13(10-17(14)27(28)29)34(30,31)26-21-20(24-15-3-1-2-4-16(15)25-21)23-12-5-8-18-19(9-12)33-11-32-18/h1-10H,11H2,(H,23,24)(H,25,26). The third-order valence-corrected chi connectivity index (χ3v) is 6.52. The normalized spacial score (nSPS) is 12.5. The first-order chi connectivity index (χ1) is 16.3. The van der Waals surface area contributed by atoms with Crippen molar-refractivity contribution >= 4 is 55.7 Å². The predicted molar refractivity (Wildman–Crippen MR) is 124 cm³/mol. The molecule has 13 heteroatoms. The van der Waals surface area contributed by atoms with Gasteiger partial charge in [-0.3, -0.25) is 14.8 Å². The topological polar surface area (TPSA) is 146 Å². The van der Waals surface area contributed by atoms with E-state index in [2.05, 4.69) is 20.0 Å². The first kappa shape index (κ1) is 21.7. The Bertz CT molecular complexity index is 1560. The summed E-state index contributed by atoms with van der Waals surface area (Å²) < 4.78 is 39.2. The number of nitro benzene ring substituents is 1. The summed E-state index contributed by atoms with van der Waals surface area (Å²) in [6.45, 7) is 0.104. The second-order valence-corrected chi connectivity index (χ2v) is 9.17. The fourth-order valence-electron chi connectivity index (χ4n) is 3.26. The van der Waals surface area contributed by atoms with Crippen LogP contribution >= 0.6 is 11.6 Å². The number of nitrogens with one attached hydrogen (secondary N) is 2. The molecular formula is C21H14ClN5O6S. The molecule has 2 N–H and O–H groups in total. The molecule has 34 heavy (non-hydrogen) atoms. The Kier molecular flexibility index (Phi) is 5.30. The third-order valence-electron chi connectivity index (χ3n) is 4.86. The fraction of sp³-hybridized carbons (Fsp3) is 0.0476. The zero-order valence-electron chi connectivity index (χ0n) is 17.1. The van der Waals surface area contributed by atoms with E-state index in [1.807, 2.05) is 0 Å². The minimum Gasteiger partial charge on any atom is -0.454 e. The molecule has 5 rings (SSSR count). The van der Waals surface area contributed by atoms with Gasteiger partial charge < -0.3 is 14.8 Å². The maximum Gasteiger partial charge on any atom is 0.289 e. The van der Waals surface area contributed by atoms with Gasteiger partial charge in [0.2, 0.25) is 6.79 Å². The Labute approximate surface area is 197 Å². The van der Waals surface area contributed by atoms with Crippen LogP contribution in [0.2, 0.25) is 5.02 Å². The number of fused-ring (bicyclic) bond motifs is 2. The summed E-state index contributed by atoms with van der Waals surface area (Å²) in [7, 11) is -4.28.